The van der Waals surface area contributed by atoms with Crippen LogP contribution in [0, 0.1) is 35.5 Å². The standard InChI is InChI=1S/C16H22/c1-3-7-11-15(12-8-4-1)16-13-9-5-2-6-10-14-16/h15-16H,1-7,9,11,13H2. The summed E-state index contributed by atoms with van der Waals surface area (Å²) in [4.78, 5) is 0. The average Bonchev–Trinajstić information content (AvgIpc) is 2.18. The lowest BCUT2D eigenvalue weighted by atomic mass is 9.83. The summed E-state index contributed by atoms with van der Waals surface area (Å²) in [5.74, 6) is 14.8. The van der Waals surface area contributed by atoms with Crippen molar-refractivity contribution in [3.05, 3.63) is 0 Å². The van der Waals surface area contributed by atoms with Crippen molar-refractivity contribution in [3.63, 3.8) is 0 Å². The SMILES string of the molecule is C1#CC(C2C#CCCCCC2)CCCCC1. The van der Waals surface area contributed by atoms with E-state index >= 15 is 0 Å². The Bertz CT molecular complexity index is 283. The molecule has 2 rings (SSSR count). The van der Waals surface area contributed by atoms with Gasteiger partial charge in [0.25, 0.3) is 0 Å². The van der Waals surface area contributed by atoms with Crippen molar-refractivity contribution in [1.29, 1.82) is 0 Å². The van der Waals surface area contributed by atoms with Gasteiger partial charge in [0.15, 0.2) is 0 Å². The fourth-order valence-electron chi connectivity index (χ4n) is 2.66. The van der Waals surface area contributed by atoms with E-state index in [0.29, 0.717) is 11.8 Å². The molecular weight excluding hydrogens is 192 g/mol. The first-order valence-corrected chi connectivity index (χ1v) is 6.93. The molecule has 0 nitrogen and oxygen atoms in total. The second kappa shape index (κ2) is 6.65. The van der Waals surface area contributed by atoms with Crippen LogP contribution in [0.1, 0.15) is 64.2 Å². The molecular formula is C16H22. The summed E-state index contributed by atoms with van der Waals surface area (Å²) in [7, 11) is 0. The van der Waals surface area contributed by atoms with E-state index < -0.39 is 0 Å². The summed E-state index contributed by atoms with van der Waals surface area (Å²) in [6.07, 6.45) is 12.8. The average molecular weight is 214 g/mol. The highest BCUT2D eigenvalue weighted by Gasteiger charge is 2.18. The van der Waals surface area contributed by atoms with E-state index in [1.165, 1.54) is 51.4 Å². The topological polar surface area (TPSA) is 0 Å². The van der Waals surface area contributed by atoms with Gasteiger partial charge in [-0.1, -0.05) is 37.5 Å². The van der Waals surface area contributed by atoms with Gasteiger partial charge in [0.2, 0.25) is 0 Å². The molecule has 0 aromatic rings. The first-order chi connectivity index (χ1) is 7.97. The summed E-state index contributed by atoms with van der Waals surface area (Å²) < 4.78 is 0. The third-order valence-corrected chi connectivity index (χ3v) is 3.69. The molecule has 0 spiro atoms. The molecule has 0 saturated heterocycles. The molecule has 0 aromatic heterocycles. The summed E-state index contributed by atoms with van der Waals surface area (Å²) in [5.41, 5.74) is 0. The number of hydrogen-bond acceptors (Lipinski definition) is 0. The molecule has 0 aromatic carbocycles. The van der Waals surface area contributed by atoms with Crippen LogP contribution in [-0.2, 0) is 0 Å². The molecule has 0 radical (unpaired) electrons. The van der Waals surface area contributed by atoms with Crippen molar-refractivity contribution in [2.24, 2.45) is 11.8 Å². The van der Waals surface area contributed by atoms with Gasteiger partial charge in [-0.3, -0.25) is 0 Å². The van der Waals surface area contributed by atoms with Crippen LogP contribution in [0.3, 0.4) is 0 Å². The lowest BCUT2D eigenvalue weighted by Crippen LogP contribution is -2.13. The fraction of sp³-hybridized carbons (Fsp3) is 0.750. The van der Waals surface area contributed by atoms with Crippen LogP contribution < -0.4 is 0 Å². The molecule has 0 fully saturated rings. The monoisotopic (exact) mass is 214 g/mol. The smallest absolute Gasteiger partial charge is 0.0340 e. The van der Waals surface area contributed by atoms with Crippen molar-refractivity contribution >= 4 is 0 Å². The summed E-state index contributed by atoms with van der Waals surface area (Å²) >= 11 is 0. The molecule has 0 heterocycles. The van der Waals surface area contributed by atoms with Gasteiger partial charge in [-0.05, 0) is 25.7 Å². The minimum Gasteiger partial charge on any atom is -0.103 e. The predicted octanol–water partition coefficient (Wildman–Crippen LogP) is 4.15. The molecule has 16 heavy (non-hydrogen) atoms. The van der Waals surface area contributed by atoms with Gasteiger partial charge in [-0.25, -0.2) is 0 Å². The second-order valence-electron chi connectivity index (χ2n) is 5.05. The molecule has 0 amide bonds. The Morgan fingerprint density at radius 1 is 0.562 bits per heavy atom. The van der Waals surface area contributed by atoms with Gasteiger partial charge in [0.05, 0.1) is 0 Å². The minimum absolute atomic E-state index is 0.575. The number of hydrogen-bond donors (Lipinski definition) is 0. The molecule has 0 N–H and O–H groups in total. The van der Waals surface area contributed by atoms with Crippen molar-refractivity contribution in [3.8, 4) is 23.7 Å². The molecule has 2 unspecified atom stereocenters. The zero-order valence-electron chi connectivity index (χ0n) is 10.2. The van der Waals surface area contributed by atoms with E-state index in [-0.39, 0.29) is 0 Å². The minimum atomic E-state index is 0.575. The Balaban J connectivity index is 2.01. The highest BCUT2D eigenvalue weighted by molar-refractivity contribution is 5.14. The van der Waals surface area contributed by atoms with Gasteiger partial charge in [0, 0.05) is 24.7 Å². The van der Waals surface area contributed by atoms with Crippen LogP contribution in [0.5, 0.6) is 0 Å². The van der Waals surface area contributed by atoms with Crippen molar-refractivity contribution < 1.29 is 0 Å². The molecule has 2 aliphatic rings. The third-order valence-electron chi connectivity index (χ3n) is 3.69. The molecule has 2 atom stereocenters. The molecule has 0 bridgehead atoms. The second-order valence-corrected chi connectivity index (χ2v) is 5.05. The highest BCUT2D eigenvalue weighted by atomic mass is 14.2. The maximum Gasteiger partial charge on any atom is 0.0340 e. The van der Waals surface area contributed by atoms with Gasteiger partial charge in [-0.2, -0.15) is 0 Å². The van der Waals surface area contributed by atoms with Gasteiger partial charge >= 0.3 is 0 Å². The Morgan fingerprint density at radius 2 is 1.06 bits per heavy atom. The molecule has 0 saturated carbocycles. The highest BCUT2D eigenvalue weighted by Crippen LogP contribution is 2.26. The van der Waals surface area contributed by atoms with Gasteiger partial charge in [0.1, 0.15) is 0 Å². The van der Waals surface area contributed by atoms with Crippen LogP contribution in [0.4, 0.5) is 0 Å². The maximum absolute atomic E-state index is 3.49. The van der Waals surface area contributed by atoms with Crippen molar-refractivity contribution in [2.75, 3.05) is 0 Å². The van der Waals surface area contributed by atoms with E-state index in [9.17, 15) is 0 Å². The molecule has 2 aliphatic carbocycles. The van der Waals surface area contributed by atoms with E-state index in [0.717, 1.165) is 12.8 Å². The van der Waals surface area contributed by atoms with Crippen LogP contribution in [0.2, 0.25) is 0 Å². The predicted molar refractivity (Wildman–Crippen MR) is 68.7 cm³/mol. The molecule has 0 aliphatic heterocycles. The first-order valence-electron chi connectivity index (χ1n) is 6.93. The lowest BCUT2D eigenvalue weighted by molar-refractivity contribution is 0.405. The quantitative estimate of drug-likeness (QED) is 0.575. The van der Waals surface area contributed by atoms with E-state index in [4.69, 9.17) is 0 Å². The Kier molecular flexibility index (Phi) is 4.82. The molecule has 86 valence electrons. The van der Waals surface area contributed by atoms with Crippen LogP contribution >= 0.6 is 0 Å². The van der Waals surface area contributed by atoms with E-state index in [1.807, 2.05) is 0 Å². The zero-order valence-corrected chi connectivity index (χ0v) is 10.2. The summed E-state index contributed by atoms with van der Waals surface area (Å²) in [6, 6.07) is 0. The third kappa shape index (κ3) is 3.61. The summed E-state index contributed by atoms with van der Waals surface area (Å²) in [6.45, 7) is 0. The summed E-state index contributed by atoms with van der Waals surface area (Å²) in [5, 5.41) is 0. The van der Waals surface area contributed by atoms with Crippen LogP contribution in [0.15, 0.2) is 0 Å². The van der Waals surface area contributed by atoms with Gasteiger partial charge < -0.3 is 0 Å². The number of rotatable bonds is 1. The normalized spacial score (nSPS) is 30.5. The fourth-order valence-corrected chi connectivity index (χ4v) is 2.66. The van der Waals surface area contributed by atoms with Crippen molar-refractivity contribution in [2.45, 2.75) is 64.2 Å². The Hall–Kier alpha value is -0.880. The Morgan fingerprint density at radius 3 is 1.56 bits per heavy atom. The van der Waals surface area contributed by atoms with Gasteiger partial charge in [-0.15, -0.1) is 11.8 Å². The first kappa shape index (κ1) is 11.6. The van der Waals surface area contributed by atoms with E-state index in [1.54, 1.807) is 0 Å². The van der Waals surface area contributed by atoms with Crippen LogP contribution in [0.25, 0.3) is 0 Å². The zero-order chi connectivity index (χ0) is 11.1. The van der Waals surface area contributed by atoms with Crippen LogP contribution in [-0.4, -0.2) is 0 Å². The lowest BCUT2D eigenvalue weighted by Gasteiger charge is -2.20. The maximum atomic E-state index is 3.49. The van der Waals surface area contributed by atoms with Crippen molar-refractivity contribution in [1.82, 2.24) is 0 Å². The van der Waals surface area contributed by atoms with E-state index in [2.05, 4.69) is 23.7 Å². The Labute approximate surface area is 100 Å². The largest absolute Gasteiger partial charge is 0.103 e. The molecule has 0 heteroatoms.